The molecule has 3 heterocycles. The van der Waals surface area contributed by atoms with Crippen LogP contribution >= 0.6 is 11.3 Å². The molecule has 57 heavy (non-hydrogen) atoms. The zero-order valence-corrected chi connectivity index (χ0v) is 31.5. The van der Waals surface area contributed by atoms with Crippen LogP contribution in [0.5, 0.6) is 11.5 Å². The number of rotatable bonds is 4. The number of hydrogen-bond donors (Lipinski definition) is 0. The van der Waals surface area contributed by atoms with Crippen molar-refractivity contribution in [3.63, 3.8) is 0 Å². The van der Waals surface area contributed by atoms with Crippen LogP contribution in [-0.4, -0.2) is 9.97 Å². The summed E-state index contributed by atoms with van der Waals surface area (Å²) in [5, 5.41) is 1.14. The van der Waals surface area contributed by atoms with E-state index in [0.717, 1.165) is 72.0 Å². The molecule has 1 aliphatic carbocycles. The fourth-order valence-electron chi connectivity index (χ4n) is 9.31. The zero-order chi connectivity index (χ0) is 37.5. The Balaban J connectivity index is 1.11. The van der Waals surface area contributed by atoms with Crippen molar-refractivity contribution in [2.45, 2.75) is 5.41 Å². The molecular weight excluding hydrogens is 713 g/mol. The van der Waals surface area contributed by atoms with E-state index in [1.807, 2.05) is 6.07 Å². The lowest BCUT2D eigenvalue weighted by atomic mass is 9.66. The number of nitrogens with zero attached hydrogens (tertiary/aromatic N) is 2. The Hall–Kier alpha value is -7.14. The predicted octanol–water partition coefficient (Wildman–Crippen LogP) is 14.0. The third-order valence-electron chi connectivity index (χ3n) is 11.8. The van der Waals surface area contributed by atoms with Crippen molar-refractivity contribution in [3.05, 3.63) is 216 Å². The molecule has 3 nitrogen and oxygen atoms in total. The Kier molecular flexibility index (Phi) is 7.01. The van der Waals surface area contributed by atoms with Gasteiger partial charge in [-0.2, -0.15) is 0 Å². The van der Waals surface area contributed by atoms with Gasteiger partial charge in [0.15, 0.2) is 5.82 Å². The Morgan fingerprint density at radius 1 is 0.404 bits per heavy atom. The summed E-state index contributed by atoms with van der Waals surface area (Å²) < 4.78 is 8.90. The number of fused-ring (bicyclic) bond motifs is 12. The van der Waals surface area contributed by atoms with Gasteiger partial charge in [-0.3, -0.25) is 0 Å². The van der Waals surface area contributed by atoms with Crippen LogP contribution in [0, 0.1) is 0 Å². The van der Waals surface area contributed by atoms with Crippen LogP contribution in [0.2, 0.25) is 0 Å². The first kappa shape index (κ1) is 32.1. The summed E-state index contributed by atoms with van der Waals surface area (Å²) in [6, 6.07) is 69.4. The first-order chi connectivity index (χ1) is 28.3. The molecule has 0 saturated carbocycles. The Labute approximate surface area is 334 Å². The van der Waals surface area contributed by atoms with Crippen molar-refractivity contribution in [2.24, 2.45) is 0 Å². The standard InChI is InChI=1S/C53H32N2OS/c1-3-15-33(16-4-1)35-27-30-41-48(32-35)57-51-49(54-52(55-50(41)51)34-17-5-2-6-18-34)40-21-8-7-19-37(40)36-28-29-39-38-20-9-10-22-42(38)53(45(39)31-36)43-23-11-13-25-46(43)56-47-26-14-12-24-44(47)53/h1-32H. The van der Waals surface area contributed by atoms with Crippen molar-refractivity contribution >= 4 is 31.6 Å². The van der Waals surface area contributed by atoms with E-state index in [2.05, 4.69) is 188 Å². The van der Waals surface area contributed by atoms with Gasteiger partial charge in [-0.15, -0.1) is 11.3 Å². The summed E-state index contributed by atoms with van der Waals surface area (Å²) in [7, 11) is 0. The highest BCUT2D eigenvalue weighted by Crippen LogP contribution is 2.62. The molecule has 1 aliphatic heterocycles. The molecule has 0 unspecified atom stereocenters. The summed E-state index contributed by atoms with van der Waals surface area (Å²) in [4.78, 5) is 10.7. The van der Waals surface area contributed by atoms with Crippen molar-refractivity contribution in [1.29, 1.82) is 0 Å². The number of ether oxygens (including phenoxy) is 1. The fraction of sp³-hybridized carbons (Fsp3) is 0.0189. The molecule has 0 atom stereocenters. The molecular formula is C53H32N2OS. The molecule has 10 aromatic rings. The first-order valence-corrected chi connectivity index (χ1v) is 20.1. The highest BCUT2D eigenvalue weighted by atomic mass is 32.1. The van der Waals surface area contributed by atoms with E-state index in [0.29, 0.717) is 0 Å². The summed E-state index contributed by atoms with van der Waals surface area (Å²) in [5.41, 5.74) is 15.4. The molecule has 2 aliphatic rings. The van der Waals surface area contributed by atoms with Crippen LogP contribution in [0.25, 0.3) is 76.3 Å². The summed E-state index contributed by atoms with van der Waals surface area (Å²) in [6.07, 6.45) is 0. The maximum absolute atomic E-state index is 6.62. The summed E-state index contributed by atoms with van der Waals surface area (Å²) in [6.45, 7) is 0. The minimum Gasteiger partial charge on any atom is -0.457 e. The second-order valence-electron chi connectivity index (χ2n) is 14.8. The van der Waals surface area contributed by atoms with E-state index in [4.69, 9.17) is 14.7 Å². The highest BCUT2D eigenvalue weighted by Gasteiger charge is 2.51. The van der Waals surface area contributed by atoms with Gasteiger partial charge in [0.1, 0.15) is 11.5 Å². The lowest BCUT2D eigenvalue weighted by Crippen LogP contribution is -2.32. The molecule has 2 aromatic heterocycles. The number of aromatic nitrogens is 2. The van der Waals surface area contributed by atoms with Crippen LogP contribution in [0.15, 0.2) is 194 Å². The van der Waals surface area contributed by atoms with Crippen LogP contribution in [0.3, 0.4) is 0 Å². The van der Waals surface area contributed by atoms with Gasteiger partial charge >= 0.3 is 0 Å². The van der Waals surface area contributed by atoms with Gasteiger partial charge in [-0.05, 0) is 68.8 Å². The van der Waals surface area contributed by atoms with Crippen LogP contribution in [-0.2, 0) is 5.41 Å². The lowest BCUT2D eigenvalue weighted by Gasteiger charge is -2.39. The minimum absolute atomic E-state index is 0.549. The fourth-order valence-corrected chi connectivity index (χ4v) is 10.5. The number of para-hydroxylation sites is 2. The van der Waals surface area contributed by atoms with E-state index in [1.54, 1.807) is 11.3 Å². The second kappa shape index (κ2) is 12.4. The Morgan fingerprint density at radius 2 is 0.982 bits per heavy atom. The molecule has 266 valence electrons. The Morgan fingerprint density at radius 3 is 1.72 bits per heavy atom. The van der Waals surface area contributed by atoms with E-state index in [1.165, 1.54) is 38.1 Å². The van der Waals surface area contributed by atoms with Gasteiger partial charge in [0, 0.05) is 32.3 Å². The molecule has 0 N–H and O–H groups in total. The van der Waals surface area contributed by atoms with Crippen molar-refractivity contribution in [2.75, 3.05) is 0 Å². The first-order valence-electron chi connectivity index (χ1n) is 19.3. The molecule has 12 rings (SSSR count). The molecule has 0 fully saturated rings. The SMILES string of the molecule is c1ccc(-c2ccc3c(c2)sc2c(-c4ccccc4-c4ccc5c(c4)C4(c6ccccc6Oc6ccccc64)c4ccccc4-5)nc(-c4ccccc4)nc23)cc1. The zero-order valence-electron chi connectivity index (χ0n) is 30.7. The van der Waals surface area contributed by atoms with Crippen molar-refractivity contribution < 1.29 is 4.74 Å². The van der Waals surface area contributed by atoms with Crippen molar-refractivity contribution in [3.8, 4) is 67.5 Å². The van der Waals surface area contributed by atoms with Crippen LogP contribution in [0.4, 0.5) is 0 Å². The lowest BCUT2D eigenvalue weighted by molar-refractivity contribution is 0.436. The van der Waals surface area contributed by atoms with Gasteiger partial charge in [0.25, 0.3) is 0 Å². The molecule has 0 amide bonds. The number of hydrogen-bond acceptors (Lipinski definition) is 4. The van der Waals surface area contributed by atoms with Gasteiger partial charge in [-0.25, -0.2) is 9.97 Å². The van der Waals surface area contributed by atoms with Crippen molar-refractivity contribution in [1.82, 2.24) is 9.97 Å². The molecule has 0 bridgehead atoms. The number of benzene rings is 8. The number of thiophene rings is 1. The minimum atomic E-state index is -0.549. The molecule has 1 spiro atoms. The summed E-state index contributed by atoms with van der Waals surface area (Å²) in [5.74, 6) is 2.50. The Bertz CT molecular complexity index is 3180. The second-order valence-corrected chi connectivity index (χ2v) is 15.9. The van der Waals surface area contributed by atoms with Gasteiger partial charge in [-0.1, -0.05) is 170 Å². The van der Waals surface area contributed by atoms with E-state index >= 15 is 0 Å². The van der Waals surface area contributed by atoms with Crippen LogP contribution < -0.4 is 4.74 Å². The monoisotopic (exact) mass is 744 g/mol. The normalized spacial score (nSPS) is 13.2. The van der Waals surface area contributed by atoms with Gasteiger partial charge in [0.2, 0.25) is 0 Å². The topological polar surface area (TPSA) is 35.0 Å². The van der Waals surface area contributed by atoms with E-state index < -0.39 is 5.41 Å². The molecule has 4 heteroatoms. The van der Waals surface area contributed by atoms with Gasteiger partial charge in [0.05, 0.1) is 21.3 Å². The van der Waals surface area contributed by atoms with Gasteiger partial charge < -0.3 is 4.74 Å². The van der Waals surface area contributed by atoms with E-state index in [-0.39, 0.29) is 0 Å². The third kappa shape index (κ3) is 4.71. The average Bonchev–Trinajstić information content (AvgIpc) is 3.80. The maximum atomic E-state index is 6.62. The average molecular weight is 745 g/mol. The predicted molar refractivity (Wildman–Crippen MR) is 234 cm³/mol. The molecule has 8 aromatic carbocycles. The molecule has 0 radical (unpaired) electrons. The smallest absolute Gasteiger partial charge is 0.160 e. The highest BCUT2D eigenvalue weighted by molar-refractivity contribution is 7.26. The van der Waals surface area contributed by atoms with Crippen LogP contribution in [0.1, 0.15) is 22.3 Å². The summed E-state index contributed by atoms with van der Waals surface area (Å²) >= 11 is 1.77. The quantitative estimate of drug-likeness (QED) is 0.180. The maximum Gasteiger partial charge on any atom is 0.160 e. The third-order valence-corrected chi connectivity index (χ3v) is 12.9. The largest absolute Gasteiger partial charge is 0.457 e. The van der Waals surface area contributed by atoms with E-state index in [9.17, 15) is 0 Å². The molecule has 0 saturated heterocycles.